The van der Waals surface area contributed by atoms with E-state index in [2.05, 4.69) is 15.7 Å². The summed E-state index contributed by atoms with van der Waals surface area (Å²) in [6.07, 6.45) is 4.72. The second-order valence-corrected chi connectivity index (χ2v) is 6.78. The molecule has 4 rings (SSSR count). The van der Waals surface area contributed by atoms with Gasteiger partial charge in [-0.3, -0.25) is 14.3 Å². The number of carbonyl (C=O) groups is 2. The Labute approximate surface area is 146 Å². The van der Waals surface area contributed by atoms with E-state index in [1.807, 2.05) is 31.3 Å². The van der Waals surface area contributed by atoms with Crippen molar-refractivity contribution in [2.75, 3.05) is 11.9 Å². The number of aryl methyl sites for hydroxylation is 2. The third kappa shape index (κ3) is 2.81. The first-order valence-corrected chi connectivity index (χ1v) is 8.88. The second kappa shape index (κ2) is 6.35. The normalized spacial score (nSPS) is 18.4. The van der Waals surface area contributed by atoms with Crippen LogP contribution in [0, 0.1) is 0 Å². The maximum atomic E-state index is 12.6. The van der Waals surface area contributed by atoms with Crippen molar-refractivity contribution >= 4 is 17.5 Å². The number of benzene rings is 1. The van der Waals surface area contributed by atoms with Gasteiger partial charge in [-0.2, -0.15) is 5.10 Å². The summed E-state index contributed by atoms with van der Waals surface area (Å²) in [4.78, 5) is 24.8. The Morgan fingerprint density at radius 2 is 2.12 bits per heavy atom. The first-order valence-electron chi connectivity index (χ1n) is 8.88. The zero-order chi connectivity index (χ0) is 17.4. The summed E-state index contributed by atoms with van der Waals surface area (Å²) in [5.74, 6) is -0.282. The molecule has 2 aliphatic rings. The number of rotatable bonds is 4. The number of hydrogen-bond donors (Lipinski definition) is 2. The monoisotopic (exact) mass is 338 g/mol. The van der Waals surface area contributed by atoms with E-state index in [1.54, 1.807) is 4.68 Å². The number of hydrogen-bond acceptors (Lipinski definition) is 3. The van der Waals surface area contributed by atoms with Gasteiger partial charge in [0.1, 0.15) is 5.69 Å². The van der Waals surface area contributed by atoms with E-state index in [4.69, 9.17) is 0 Å². The van der Waals surface area contributed by atoms with Crippen LogP contribution in [0.5, 0.6) is 0 Å². The van der Waals surface area contributed by atoms with Gasteiger partial charge in [0.05, 0.1) is 11.6 Å². The molecule has 130 valence electrons. The molecule has 2 amide bonds. The lowest BCUT2D eigenvalue weighted by Gasteiger charge is -2.13. The molecule has 0 saturated carbocycles. The van der Waals surface area contributed by atoms with Crippen molar-refractivity contribution < 1.29 is 9.59 Å². The van der Waals surface area contributed by atoms with Gasteiger partial charge < -0.3 is 10.6 Å². The topological polar surface area (TPSA) is 76.0 Å². The molecular formula is C19H22N4O2. The summed E-state index contributed by atoms with van der Waals surface area (Å²) in [7, 11) is 1.83. The molecule has 0 saturated heterocycles. The molecule has 2 aromatic rings. The molecule has 0 spiro atoms. The molecule has 1 atom stereocenters. The van der Waals surface area contributed by atoms with Gasteiger partial charge in [0, 0.05) is 24.8 Å². The minimum absolute atomic E-state index is 0.00774. The highest BCUT2D eigenvalue weighted by Gasteiger charge is 2.30. The van der Waals surface area contributed by atoms with Crippen molar-refractivity contribution in [1.82, 2.24) is 15.1 Å². The fraction of sp³-hybridized carbons (Fsp3) is 0.421. The van der Waals surface area contributed by atoms with Gasteiger partial charge >= 0.3 is 0 Å². The van der Waals surface area contributed by atoms with E-state index in [9.17, 15) is 9.59 Å². The van der Waals surface area contributed by atoms with Gasteiger partial charge in [-0.25, -0.2) is 0 Å². The number of anilines is 1. The number of nitrogens with one attached hydrogen (secondary N) is 2. The molecule has 2 heterocycles. The average Bonchev–Trinajstić information content (AvgIpc) is 3.11. The number of fused-ring (bicyclic) bond motifs is 2. The third-order valence-corrected chi connectivity index (χ3v) is 5.16. The quantitative estimate of drug-likeness (QED) is 0.897. The second-order valence-electron chi connectivity index (χ2n) is 6.78. The Morgan fingerprint density at radius 1 is 1.32 bits per heavy atom. The largest absolute Gasteiger partial charge is 0.351 e. The van der Waals surface area contributed by atoms with Gasteiger partial charge in [-0.15, -0.1) is 0 Å². The zero-order valence-electron chi connectivity index (χ0n) is 14.3. The van der Waals surface area contributed by atoms with E-state index in [0.717, 1.165) is 48.2 Å². The van der Waals surface area contributed by atoms with Crippen molar-refractivity contribution in [2.45, 2.75) is 38.0 Å². The first-order chi connectivity index (χ1) is 12.1. The molecule has 1 aliphatic heterocycles. The maximum Gasteiger partial charge on any atom is 0.269 e. The van der Waals surface area contributed by atoms with Gasteiger partial charge in [0.2, 0.25) is 5.91 Å². The first kappa shape index (κ1) is 15.9. The molecule has 1 unspecified atom stereocenters. The highest BCUT2D eigenvalue weighted by atomic mass is 16.2. The molecule has 0 fully saturated rings. The maximum absolute atomic E-state index is 12.6. The minimum atomic E-state index is -0.197. The number of amides is 2. The molecule has 1 aromatic heterocycles. The predicted molar refractivity (Wildman–Crippen MR) is 94.6 cm³/mol. The summed E-state index contributed by atoms with van der Waals surface area (Å²) in [5.41, 5.74) is 4.72. The predicted octanol–water partition coefficient (Wildman–Crippen LogP) is 2.15. The van der Waals surface area contributed by atoms with Crippen molar-refractivity contribution in [3.05, 3.63) is 46.8 Å². The lowest BCUT2D eigenvalue weighted by Crippen LogP contribution is -2.29. The van der Waals surface area contributed by atoms with Gasteiger partial charge in [0.15, 0.2) is 0 Å². The van der Waals surface area contributed by atoms with Gasteiger partial charge in [0.25, 0.3) is 5.91 Å². The van der Waals surface area contributed by atoms with Crippen LogP contribution < -0.4 is 10.6 Å². The van der Waals surface area contributed by atoms with Crippen molar-refractivity contribution in [2.24, 2.45) is 7.05 Å². The molecule has 1 aromatic carbocycles. The number of aromatic nitrogens is 2. The number of nitrogens with zero attached hydrogens (tertiary/aromatic N) is 2. The van der Waals surface area contributed by atoms with Crippen molar-refractivity contribution in [1.29, 1.82) is 0 Å². The van der Waals surface area contributed by atoms with Crippen LogP contribution >= 0.6 is 0 Å². The average molecular weight is 338 g/mol. The summed E-state index contributed by atoms with van der Waals surface area (Å²) >= 11 is 0. The van der Waals surface area contributed by atoms with Crippen molar-refractivity contribution in [3.8, 4) is 0 Å². The Kier molecular flexibility index (Phi) is 4.03. The van der Waals surface area contributed by atoms with E-state index in [0.29, 0.717) is 18.7 Å². The Morgan fingerprint density at radius 3 is 3.00 bits per heavy atom. The lowest BCUT2D eigenvalue weighted by molar-refractivity contribution is -0.117. The minimum Gasteiger partial charge on any atom is -0.351 e. The molecule has 6 nitrogen and oxygen atoms in total. The third-order valence-electron chi connectivity index (χ3n) is 5.16. The van der Waals surface area contributed by atoms with E-state index in [-0.39, 0.29) is 17.7 Å². The zero-order valence-corrected chi connectivity index (χ0v) is 14.3. The molecule has 2 N–H and O–H groups in total. The van der Waals surface area contributed by atoms with Crippen LogP contribution in [-0.4, -0.2) is 28.1 Å². The molecule has 0 radical (unpaired) electrons. The van der Waals surface area contributed by atoms with Gasteiger partial charge in [-0.1, -0.05) is 18.2 Å². The van der Waals surface area contributed by atoms with Crippen LogP contribution in [0.1, 0.15) is 52.5 Å². The fourth-order valence-corrected chi connectivity index (χ4v) is 3.94. The molecular weight excluding hydrogens is 316 g/mol. The Bertz CT molecular complexity index is 840. The summed E-state index contributed by atoms with van der Waals surface area (Å²) < 4.78 is 1.70. The summed E-state index contributed by atoms with van der Waals surface area (Å²) in [6, 6.07) is 7.73. The van der Waals surface area contributed by atoms with Crippen LogP contribution in [0.15, 0.2) is 24.3 Å². The van der Waals surface area contributed by atoms with Crippen LogP contribution in [0.3, 0.4) is 0 Å². The highest BCUT2D eigenvalue weighted by molar-refractivity contribution is 6.02. The standard InChI is InChI=1S/C19H22N4O2/c1-23-17(14-7-3-5-9-16(14)22-23)19(25)20-11-10-13-12-6-2-4-8-15(12)21-18(13)24/h2,4,6,8,13H,3,5,7,9-11H2,1H3,(H,20,25)(H,21,24). The van der Waals surface area contributed by atoms with Crippen LogP contribution in [0.2, 0.25) is 0 Å². The highest BCUT2D eigenvalue weighted by Crippen LogP contribution is 2.34. The molecule has 6 heteroatoms. The molecule has 25 heavy (non-hydrogen) atoms. The Hall–Kier alpha value is -2.63. The fourth-order valence-electron chi connectivity index (χ4n) is 3.94. The van der Waals surface area contributed by atoms with Crippen LogP contribution in [-0.2, 0) is 24.7 Å². The van der Waals surface area contributed by atoms with Gasteiger partial charge in [-0.05, 0) is 43.7 Å². The van der Waals surface area contributed by atoms with Crippen molar-refractivity contribution in [3.63, 3.8) is 0 Å². The van der Waals surface area contributed by atoms with E-state index >= 15 is 0 Å². The SMILES string of the molecule is Cn1nc2c(c1C(=O)NCCC1C(=O)Nc3ccccc31)CCCC2. The smallest absolute Gasteiger partial charge is 0.269 e. The Balaban J connectivity index is 1.42. The van der Waals surface area contributed by atoms with E-state index in [1.165, 1.54) is 0 Å². The summed E-state index contributed by atoms with van der Waals surface area (Å²) in [6.45, 7) is 0.463. The molecule has 1 aliphatic carbocycles. The number of para-hydroxylation sites is 1. The molecule has 0 bridgehead atoms. The lowest BCUT2D eigenvalue weighted by atomic mass is 9.95. The number of carbonyl (C=O) groups excluding carboxylic acids is 2. The van der Waals surface area contributed by atoms with Crippen LogP contribution in [0.25, 0.3) is 0 Å². The van der Waals surface area contributed by atoms with E-state index < -0.39 is 0 Å². The van der Waals surface area contributed by atoms with Crippen LogP contribution in [0.4, 0.5) is 5.69 Å². The summed E-state index contributed by atoms with van der Waals surface area (Å²) in [5, 5.41) is 10.4.